The highest BCUT2D eigenvalue weighted by atomic mass is 32.1. The van der Waals surface area contributed by atoms with E-state index < -0.39 is 0 Å². The summed E-state index contributed by atoms with van der Waals surface area (Å²) < 4.78 is 0. The van der Waals surface area contributed by atoms with Crippen LogP contribution >= 0.6 is 11.3 Å². The van der Waals surface area contributed by atoms with Gasteiger partial charge in [-0.3, -0.25) is 9.59 Å². The maximum absolute atomic E-state index is 12.6. The molecule has 5 nitrogen and oxygen atoms in total. The van der Waals surface area contributed by atoms with Crippen LogP contribution in [0.2, 0.25) is 0 Å². The Labute approximate surface area is 122 Å². The molecule has 1 aromatic rings. The van der Waals surface area contributed by atoms with E-state index in [-0.39, 0.29) is 17.9 Å². The number of aromatic nitrogens is 1. The Morgan fingerprint density at radius 2 is 2.10 bits per heavy atom. The first kappa shape index (κ1) is 13.5. The number of hydrogen-bond acceptors (Lipinski definition) is 4. The Bertz CT molecular complexity index is 531. The molecule has 2 heterocycles. The van der Waals surface area contributed by atoms with E-state index >= 15 is 0 Å². The molecule has 1 saturated heterocycles. The average molecular weight is 293 g/mol. The topological polar surface area (TPSA) is 62.3 Å². The first-order chi connectivity index (χ1) is 9.54. The molecule has 1 unspecified atom stereocenters. The van der Waals surface area contributed by atoms with Crippen LogP contribution in [0.4, 0.5) is 0 Å². The lowest BCUT2D eigenvalue weighted by atomic mass is 10.1. The van der Waals surface area contributed by atoms with Gasteiger partial charge in [-0.25, -0.2) is 4.98 Å². The molecule has 1 aliphatic carbocycles. The highest BCUT2D eigenvalue weighted by molar-refractivity contribution is 7.11. The standard InChI is InChI=1S/C14H19N3O2S/c1-8-9(2)20-12(15-8)7-17-6-5-11(18)16-13(14(17)19)10-3-4-10/h10,13H,3-7H2,1-2H3,(H,16,18). The third-order valence-corrected chi connectivity index (χ3v) is 5.05. The first-order valence-corrected chi connectivity index (χ1v) is 7.87. The van der Waals surface area contributed by atoms with Crippen LogP contribution in [0.1, 0.15) is 34.8 Å². The van der Waals surface area contributed by atoms with Crippen molar-refractivity contribution in [2.24, 2.45) is 5.92 Å². The number of aryl methyl sites for hydroxylation is 2. The molecule has 1 atom stereocenters. The van der Waals surface area contributed by atoms with Crippen LogP contribution in [-0.2, 0) is 16.1 Å². The van der Waals surface area contributed by atoms with Gasteiger partial charge in [0.05, 0.1) is 12.2 Å². The van der Waals surface area contributed by atoms with Crippen molar-refractivity contribution in [3.8, 4) is 0 Å². The molecular formula is C14H19N3O2S. The second kappa shape index (κ2) is 5.16. The van der Waals surface area contributed by atoms with Crippen molar-refractivity contribution < 1.29 is 9.59 Å². The van der Waals surface area contributed by atoms with E-state index in [1.54, 1.807) is 16.2 Å². The Morgan fingerprint density at radius 1 is 1.35 bits per heavy atom. The van der Waals surface area contributed by atoms with E-state index in [9.17, 15) is 9.59 Å². The number of nitrogens with zero attached hydrogens (tertiary/aromatic N) is 2. The minimum absolute atomic E-state index is 0.00995. The fourth-order valence-electron chi connectivity index (χ4n) is 2.53. The summed E-state index contributed by atoms with van der Waals surface area (Å²) in [7, 11) is 0. The van der Waals surface area contributed by atoms with Crippen LogP contribution in [0.3, 0.4) is 0 Å². The highest BCUT2D eigenvalue weighted by Gasteiger charge is 2.41. The van der Waals surface area contributed by atoms with Gasteiger partial charge in [0.25, 0.3) is 0 Å². The van der Waals surface area contributed by atoms with Gasteiger partial charge in [0.2, 0.25) is 11.8 Å². The van der Waals surface area contributed by atoms with Crippen LogP contribution in [0.25, 0.3) is 0 Å². The van der Waals surface area contributed by atoms with Crippen LogP contribution in [0.15, 0.2) is 0 Å². The zero-order chi connectivity index (χ0) is 14.3. The molecule has 0 spiro atoms. The lowest BCUT2D eigenvalue weighted by molar-refractivity contribution is -0.134. The molecule has 0 aromatic carbocycles. The van der Waals surface area contributed by atoms with E-state index in [1.807, 2.05) is 13.8 Å². The van der Waals surface area contributed by atoms with E-state index in [2.05, 4.69) is 10.3 Å². The Kier molecular flexibility index (Phi) is 3.50. The van der Waals surface area contributed by atoms with Gasteiger partial charge in [-0.1, -0.05) is 0 Å². The van der Waals surface area contributed by atoms with E-state index in [0.29, 0.717) is 25.4 Å². The zero-order valence-electron chi connectivity index (χ0n) is 11.8. The summed E-state index contributed by atoms with van der Waals surface area (Å²) in [6.45, 7) is 5.04. The van der Waals surface area contributed by atoms with E-state index in [4.69, 9.17) is 0 Å². The molecule has 2 fully saturated rings. The number of rotatable bonds is 3. The maximum Gasteiger partial charge on any atom is 0.245 e. The number of nitrogens with one attached hydrogen (secondary N) is 1. The maximum atomic E-state index is 12.6. The molecular weight excluding hydrogens is 274 g/mol. The van der Waals surface area contributed by atoms with Crippen LogP contribution in [-0.4, -0.2) is 34.3 Å². The summed E-state index contributed by atoms with van der Waals surface area (Å²) in [6, 6.07) is -0.313. The van der Waals surface area contributed by atoms with Gasteiger partial charge >= 0.3 is 0 Å². The molecule has 2 aliphatic rings. The second-order valence-corrected chi connectivity index (χ2v) is 6.93. The van der Waals surface area contributed by atoms with Gasteiger partial charge in [0.15, 0.2) is 0 Å². The molecule has 0 radical (unpaired) electrons. The highest BCUT2D eigenvalue weighted by Crippen LogP contribution is 2.34. The third kappa shape index (κ3) is 2.70. The summed E-state index contributed by atoms with van der Waals surface area (Å²) in [6.07, 6.45) is 2.47. The molecule has 1 aromatic heterocycles. The molecule has 2 amide bonds. The molecule has 6 heteroatoms. The average Bonchev–Trinajstić information content (AvgIpc) is 3.19. The third-order valence-electron chi connectivity index (χ3n) is 4.00. The first-order valence-electron chi connectivity index (χ1n) is 7.05. The monoisotopic (exact) mass is 293 g/mol. The number of carbonyl (C=O) groups is 2. The van der Waals surface area contributed by atoms with Gasteiger partial charge in [0, 0.05) is 17.8 Å². The molecule has 20 heavy (non-hydrogen) atoms. The number of amides is 2. The minimum Gasteiger partial charge on any atom is -0.344 e. The largest absolute Gasteiger partial charge is 0.344 e. The van der Waals surface area contributed by atoms with Gasteiger partial charge in [0.1, 0.15) is 11.0 Å². The van der Waals surface area contributed by atoms with E-state index in [1.165, 1.54) is 4.88 Å². The number of hydrogen-bond donors (Lipinski definition) is 1. The SMILES string of the molecule is Cc1nc(CN2CCC(=O)NC(C3CC3)C2=O)sc1C. The lowest BCUT2D eigenvalue weighted by Crippen LogP contribution is -2.45. The predicted octanol–water partition coefficient (Wildman–Crippen LogP) is 1.39. The molecule has 3 rings (SSSR count). The minimum atomic E-state index is -0.313. The van der Waals surface area contributed by atoms with Crippen molar-refractivity contribution in [3.05, 3.63) is 15.6 Å². The Morgan fingerprint density at radius 3 is 2.70 bits per heavy atom. The van der Waals surface area contributed by atoms with Crippen molar-refractivity contribution in [2.75, 3.05) is 6.54 Å². The lowest BCUT2D eigenvalue weighted by Gasteiger charge is -2.23. The second-order valence-electron chi connectivity index (χ2n) is 5.64. The van der Waals surface area contributed by atoms with Crippen LogP contribution < -0.4 is 5.32 Å². The predicted molar refractivity (Wildman–Crippen MR) is 76.3 cm³/mol. The molecule has 1 aliphatic heterocycles. The number of thiazole rings is 1. The summed E-state index contributed by atoms with van der Waals surface area (Å²) in [5.41, 5.74) is 1.03. The van der Waals surface area contributed by atoms with E-state index in [0.717, 1.165) is 23.5 Å². The Balaban J connectivity index is 1.76. The molecule has 1 N–H and O–H groups in total. The van der Waals surface area contributed by atoms with Gasteiger partial charge in [-0.15, -0.1) is 11.3 Å². The van der Waals surface area contributed by atoms with Crippen molar-refractivity contribution in [1.82, 2.24) is 15.2 Å². The summed E-state index contributed by atoms with van der Waals surface area (Å²) in [5.74, 6) is 0.389. The van der Waals surface area contributed by atoms with Gasteiger partial charge in [-0.05, 0) is 32.6 Å². The van der Waals surface area contributed by atoms with Crippen molar-refractivity contribution in [3.63, 3.8) is 0 Å². The van der Waals surface area contributed by atoms with Crippen molar-refractivity contribution in [1.29, 1.82) is 0 Å². The van der Waals surface area contributed by atoms with Crippen LogP contribution in [0, 0.1) is 19.8 Å². The van der Waals surface area contributed by atoms with Crippen molar-refractivity contribution >= 4 is 23.2 Å². The van der Waals surface area contributed by atoms with Gasteiger partial charge < -0.3 is 10.2 Å². The summed E-state index contributed by atoms with van der Waals surface area (Å²) in [5, 5.41) is 3.83. The fourth-order valence-corrected chi connectivity index (χ4v) is 3.48. The normalized spacial score (nSPS) is 23.7. The Hall–Kier alpha value is -1.43. The summed E-state index contributed by atoms with van der Waals surface area (Å²) in [4.78, 5) is 31.8. The summed E-state index contributed by atoms with van der Waals surface area (Å²) >= 11 is 1.63. The smallest absolute Gasteiger partial charge is 0.245 e. The quantitative estimate of drug-likeness (QED) is 0.916. The molecule has 108 valence electrons. The fraction of sp³-hybridized carbons (Fsp3) is 0.643. The van der Waals surface area contributed by atoms with Gasteiger partial charge in [-0.2, -0.15) is 0 Å². The van der Waals surface area contributed by atoms with Crippen molar-refractivity contribution in [2.45, 2.75) is 45.7 Å². The molecule has 0 bridgehead atoms. The van der Waals surface area contributed by atoms with Crippen LogP contribution in [0.5, 0.6) is 0 Å². The molecule has 1 saturated carbocycles. The zero-order valence-corrected chi connectivity index (χ0v) is 12.6. The number of carbonyl (C=O) groups excluding carboxylic acids is 2.